The van der Waals surface area contributed by atoms with Gasteiger partial charge in [-0.1, -0.05) is 19.3 Å². The van der Waals surface area contributed by atoms with Crippen molar-refractivity contribution in [1.29, 1.82) is 0 Å². The van der Waals surface area contributed by atoms with Crippen molar-refractivity contribution in [1.82, 2.24) is 14.8 Å². The number of anilines is 2. The molecule has 7 nitrogen and oxygen atoms in total. The minimum atomic E-state index is -0.159. The predicted molar refractivity (Wildman–Crippen MR) is 122 cm³/mol. The van der Waals surface area contributed by atoms with E-state index in [0.29, 0.717) is 37.4 Å². The third-order valence-corrected chi connectivity index (χ3v) is 6.22. The lowest BCUT2D eigenvalue weighted by atomic mass is 9.89. The number of nitrogens with zero attached hydrogens (tertiary/aromatic N) is 3. The van der Waals surface area contributed by atoms with Crippen molar-refractivity contribution in [3.63, 3.8) is 0 Å². The molecular weight excluding hydrogens is 390 g/mol. The SMILES string of the molecule is O=C(Nc1cccnc1)N1CCN(C(=O)c2ccc(NCC3CCCCC3)cc2)CC1. The van der Waals surface area contributed by atoms with Crippen LogP contribution in [0.25, 0.3) is 0 Å². The second kappa shape index (κ2) is 10.3. The van der Waals surface area contributed by atoms with E-state index >= 15 is 0 Å². The standard InChI is InChI=1S/C24H31N5O2/c30-23(20-8-10-21(11-9-20)26-17-19-5-2-1-3-6-19)28-13-15-29(16-14-28)24(31)27-22-7-4-12-25-18-22/h4,7-12,18-19,26H,1-3,5-6,13-17H2,(H,27,31). The van der Waals surface area contributed by atoms with Gasteiger partial charge in [0.25, 0.3) is 5.91 Å². The largest absolute Gasteiger partial charge is 0.385 e. The summed E-state index contributed by atoms with van der Waals surface area (Å²) in [5.41, 5.74) is 2.43. The fourth-order valence-corrected chi connectivity index (χ4v) is 4.32. The highest BCUT2D eigenvalue weighted by Crippen LogP contribution is 2.24. The second-order valence-corrected chi connectivity index (χ2v) is 8.41. The van der Waals surface area contributed by atoms with E-state index in [0.717, 1.165) is 18.2 Å². The number of nitrogens with one attached hydrogen (secondary N) is 2. The van der Waals surface area contributed by atoms with E-state index in [9.17, 15) is 9.59 Å². The maximum absolute atomic E-state index is 12.9. The Kier molecular flexibility index (Phi) is 7.02. The zero-order chi connectivity index (χ0) is 21.5. The third kappa shape index (κ3) is 5.75. The van der Waals surface area contributed by atoms with Crippen molar-refractivity contribution in [3.05, 3.63) is 54.4 Å². The van der Waals surface area contributed by atoms with Gasteiger partial charge < -0.3 is 20.4 Å². The van der Waals surface area contributed by atoms with Gasteiger partial charge in [0.1, 0.15) is 0 Å². The summed E-state index contributed by atoms with van der Waals surface area (Å²) in [4.78, 5) is 32.8. The molecule has 1 aliphatic carbocycles. The van der Waals surface area contributed by atoms with E-state index in [2.05, 4.69) is 15.6 Å². The number of amides is 3. The van der Waals surface area contributed by atoms with Gasteiger partial charge >= 0.3 is 6.03 Å². The Morgan fingerprint density at radius 3 is 2.29 bits per heavy atom. The quantitative estimate of drug-likeness (QED) is 0.763. The number of carbonyl (C=O) groups excluding carboxylic acids is 2. The zero-order valence-corrected chi connectivity index (χ0v) is 17.9. The molecule has 2 heterocycles. The van der Waals surface area contributed by atoms with Gasteiger partial charge in [0.15, 0.2) is 0 Å². The highest BCUT2D eigenvalue weighted by molar-refractivity contribution is 5.95. The van der Waals surface area contributed by atoms with Crippen molar-refractivity contribution in [2.75, 3.05) is 43.4 Å². The average molecular weight is 422 g/mol. The Morgan fingerprint density at radius 2 is 1.61 bits per heavy atom. The van der Waals surface area contributed by atoms with Gasteiger partial charge in [0, 0.05) is 50.2 Å². The molecule has 164 valence electrons. The van der Waals surface area contributed by atoms with Crippen LogP contribution in [0.15, 0.2) is 48.8 Å². The van der Waals surface area contributed by atoms with Crippen molar-refractivity contribution in [2.24, 2.45) is 5.92 Å². The first-order valence-corrected chi connectivity index (χ1v) is 11.3. The van der Waals surface area contributed by atoms with Crippen molar-refractivity contribution < 1.29 is 9.59 Å². The number of rotatable bonds is 5. The van der Waals surface area contributed by atoms with Crippen LogP contribution in [0.4, 0.5) is 16.2 Å². The molecule has 0 spiro atoms. The molecule has 2 aliphatic rings. The number of benzene rings is 1. The van der Waals surface area contributed by atoms with E-state index in [-0.39, 0.29) is 11.9 Å². The number of hydrogen-bond donors (Lipinski definition) is 2. The fraction of sp³-hybridized carbons (Fsp3) is 0.458. The lowest BCUT2D eigenvalue weighted by Gasteiger charge is -2.34. The summed E-state index contributed by atoms with van der Waals surface area (Å²) in [6.07, 6.45) is 9.98. The molecule has 4 rings (SSSR count). The van der Waals surface area contributed by atoms with Crippen LogP contribution in [0, 0.1) is 5.92 Å². The number of pyridine rings is 1. The average Bonchev–Trinajstić information content (AvgIpc) is 2.84. The molecule has 1 aromatic carbocycles. The van der Waals surface area contributed by atoms with Gasteiger partial charge in [-0.25, -0.2) is 4.79 Å². The first-order chi connectivity index (χ1) is 15.2. The van der Waals surface area contributed by atoms with E-state index in [4.69, 9.17) is 0 Å². The molecule has 1 saturated carbocycles. The summed E-state index contributed by atoms with van der Waals surface area (Å²) in [6.45, 7) is 3.09. The maximum atomic E-state index is 12.9. The Morgan fingerprint density at radius 1 is 0.903 bits per heavy atom. The topological polar surface area (TPSA) is 77.6 Å². The molecule has 1 aliphatic heterocycles. The summed E-state index contributed by atoms with van der Waals surface area (Å²) < 4.78 is 0. The number of hydrogen-bond acceptors (Lipinski definition) is 4. The summed E-state index contributed by atoms with van der Waals surface area (Å²) in [5, 5.41) is 6.36. The van der Waals surface area contributed by atoms with Gasteiger partial charge in [-0.15, -0.1) is 0 Å². The van der Waals surface area contributed by atoms with Crippen LogP contribution >= 0.6 is 0 Å². The van der Waals surface area contributed by atoms with E-state index in [1.54, 1.807) is 29.4 Å². The summed E-state index contributed by atoms with van der Waals surface area (Å²) >= 11 is 0. The maximum Gasteiger partial charge on any atom is 0.322 e. The minimum Gasteiger partial charge on any atom is -0.385 e. The number of piperazine rings is 1. The summed E-state index contributed by atoms with van der Waals surface area (Å²) in [7, 11) is 0. The second-order valence-electron chi connectivity index (χ2n) is 8.41. The fourth-order valence-electron chi connectivity index (χ4n) is 4.32. The van der Waals surface area contributed by atoms with Gasteiger partial charge in [0.2, 0.25) is 0 Å². The van der Waals surface area contributed by atoms with Gasteiger partial charge in [-0.2, -0.15) is 0 Å². The zero-order valence-electron chi connectivity index (χ0n) is 17.9. The Balaban J connectivity index is 1.24. The molecule has 0 atom stereocenters. The van der Waals surface area contributed by atoms with Crippen LogP contribution in [0.2, 0.25) is 0 Å². The molecule has 3 amide bonds. The highest BCUT2D eigenvalue weighted by Gasteiger charge is 2.25. The molecule has 0 radical (unpaired) electrons. The van der Waals surface area contributed by atoms with Crippen molar-refractivity contribution in [2.45, 2.75) is 32.1 Å². The summed E-state index contributed by atoms with van der Waals surface area (Å²) in [5.74, 6) is 0.785. The third-order valence-electron chi connectivity index (χ3n) is 6.22. The normalized spacial score (nSPS) is 17.3. The van der Waals surface area contributed by atoms with Crippen LogP contribution in [0.3, 0.4) is 0 Å². The van der Waals surface area contributed by atoms with Gasteiger partial charge in [-0.05, 0) is 55.2 Å². The lowest BCUT2D eigenvalue weighted by Crippen LogP contribution is -2.51. The summed E-state index contributed by atoms with van der Waals surface area (Å²) in [6, 6.07) is 11.2. The van der Waals surface area contributed by atoms with Gasteiger partial charge in [-0.3, -0.25) is 9.78 Å². The first kappa shape index (κ1) is 21.2. The molecule has 1 saturated heterocycles. The molecule has 1 aromatic heterocycles. The predicted octanol–water partition coefficient (Wildman–Crippen LogP) is 4.06. The molecule has 7 heteroatoms. The monoisotopic (exact) mass is 421 g/mol. The van der Waals surface area contributed by atoms with Crippen LogP contribution in [0.1, 0.15) is 42.5 Å². The Bertz CT molecular complexity index is 857. The van der Waals surface area contributed by atoms with Gasteiger partial charge in [0.05, 0.1) is 11.9 Å². The number of aromatic nitrogens is 1. The Hall–Kier alpha value is -3.09. The van der Waals surface area contributed by atoms with E-state index in [1.807, 2.05) is 29.2 Å². The number of urea groups is 1. The number of carbonyl (C=O) groups is 2. The van der Waals surface area contributed by atoms with Crippen molar-refractivity contribution in [3.8, 4) is 0 Å². The van der Waals surface area contributed by atoms with Crippen LogP contribution in [-0.2, 0) is 0 Å². The smallest absolute Gasteiger partial charge is 0.322 e. The first-order valence-electron chi connectivity index (χ1n) is 11.3. The highest BCUT2D eigenvalue weighted by atomic mass is 16.2. The van der Waals surface area contributed by atoms with Crippen LogP contribution in [-0.4, -0.2) is 59.4 Å². The molecule has 2 fully saturated rings. The molecule has 0 bridgehead atoms. The van der Waals surface area contributed by atoms with Crippen LogP contribution < -0.4 is 10.6 Å². The van der Waals surface area contributed by atoms with E-state index < -0.39 is 0 Å². The molecule has 31 heavy (non-hydrogen) atoms. The molecule has 0 unspecified atom stereocenters. The minimum absolute atomic E-state index is 0.0196. The van der Waals surface area contributed by atoms with Crippen LogP contribution in [0.5, 0.6) is 0 Å². The molecule has 2 N–H and O–H groups in total. The molecule has 2 aromatic rings. The Labute approximate surface area is 183 Å². The lowest BCUT2D eigenvalue weighted by molar-refractivity contribution is 0.0671. The molecular formula is C24H31N5O2. The van der Waals surface area contributed by atoms with Crippen molar-refractivity contribution >= 4 is 23.3 Å². The van der Waals surface area contributed by atoms with E-state index in [1.165, 1.54) is 32.1 Å².